The van der Waals surface area contributed by atoms with Gasteiger partial charge < -0.3 is 9.64 Å². The summed E-state index contributed by atoms with van der Waals surface area (Å²) in [5.74, 6) is 0.830. The van der Waals surface area contributed by atoms with E-state index >= 15 is 0 Å². The van der Waals surface area contributed by atoms with Crippen LogP contribution < -0.4 is 4.74 Å². The lowest BCUT2D eigenvalue weighted by Gasteiger charge is -2.33. The van der Waals surface area contributed by atoms with Gasteiger partial charge in [0.15, 0.2) is 6.61 Å². The molecule has 2 aromatic carbocycles. The third kappa shape index (κ3) is 3.43. The number of carbonyl (C=O) groups excluding carboxylic acids is 1. The lowest BCUT2D eigenvalue weighted by molar-refractivity contribution is -0.136. The molecule has 2 aromatic rings. The number of benzene rings is 2. The Hall–Kier alpha value is -1.55. The average Bonchev–Trinajstić information content (AvgIpc) is 2.53. The lowest BCUT2D eigenvalue weighted by Crippen LogP contribution is -2.44. The van der Waals surface area contributed by atoms with Crippen LogP contribution in [0.3, 0.4) is 0 Å². The van der Waals surface area contributed by atoms with E-state index in [1.165, 1.54) is 6.42 Å². The number of ether oxygens (including phenoxy) is 1. The maximum Gasteiger partial charge on any atom is 0.260 e. The van der Waals surface area contributed by atoms with Crippen LogP contribution in [0.1, 0.15) is 26.2 Å². The molecule has 0 N–H and O–H groups in total. The summed E-state index contributed by atoms with van der Waals surface area (Å²) >= 11 is 3.47. The van der Waals surface area contributed by atoms with Crippen LogP contribution in [0.15, 0.2) is 40.9 Å². The molecule has 1 atom stereocenters. The zero-order valence-corrected chi connectivity index (χ0v) is 14.3. The van der Waals surface area contributed by atoms with Gasteiger partial charge in [-0.05, 0) is 61.2 Å². The summed E-state index contributed by atoms with van der Waals surface area (Å²) in [7, 11) is 0. The number of likely N-dealkylation sites (tertiary alicyclic amines) is 1. The summed E-state index contributed by atoms with van der Waals surface area (Å²) in [6, 6.07) is 12.4. The van der Waals surface area contributed by atoms with E-state index in [9.17, 15) is 4.79 Å². The van der Waals surface area contributed by atoms with Crippen LogP contribution in [-0.2, 0) is 4.79 Å². The molecule has 0 unspecified atom stereocenters. The van der Waals surface area contributed by atoms with E-state index in [2.05, 4.69) is 28.9 Å². The zero-order valence-electron chi connectivity index (χ0n) is 12.7. The standard InChI is InChI=1S/C18H20BrNO2/c1-13-4-2-3-9-20(13)18(21)12-22-17-8-6-14-10-16(19)7-5-15(14)11-17/h5-8,10-11,13H,2-4,9,12H2,1H3/t13-/m0/s1. The molecule has 4 heteroatoms. The topological polar surface area (TPSA) is 29.5 Å². The number of carbonyl (C=O) groups is 1. The number of fused-ring (bicyclic) bond motifs is 1. The quantitative estimate of drug-likeness (QED) is 0.811. The number of piperidine rings is 1. The second-order valence-corrected chi connectivity index (χ2v) is 6.79. The summed E-state index contributed by atoms with van der Waals surface area (Å²) in [5.41, 5.74) is 0. The molecule has 1 aliphatic heterocycles. The monoisotopic (exact) mass is 361 g/mol. The van der Waals surface area contributed by atoms with Crippen molar-refractivity contribution in [3.05, 3.63) is 40.9 Å². The summed E-state index contributed by atoms with van der Waals surface area (Å²) in [5, 5.41) is 2.26. The first-order valence-electron chi connectivity index (χ1n) is 7.75. The summed E-state index contributed by atoms with van der Waals surface area (Å²) in [6.45, 7) is 3.09. The van der Waals surface area contributed by atoms with Crippen molar-refractivity contribution < 1.29 is 9.53 Å². The maximum absolute atomic E-state index is 12.3. The highest BCUT2D eigenvalue weighted by Gasteiger charge is 2.23. The van der Waals surface area contributed by atoms with E-state index in [0.717, 1.165) is 40.4 Å². The van der Waals surface area contributed by atoms with E-state index in [1.807, 2.05) is 35.2 Å². The highest BCUT2D eigenvalue weighted by Crippen LogP contribution is 2.24. The Morgan fingerprint density at radius 1 is 1.23 bits per heavy atom. The molecule has 116 valence electrons. The third-order valence-corrected chi connectivity index (χ3v) is 4.75. The molecular weight excluding hydrogens is 342 g/mol. The van der Waals surface area contributed by atoms with Crippen molar-refractivity contribution in [2.24, 2.45) is 0 Å². The third-order valence-electron chi connectivity index (χ3n) is 4.26. The minimum Gasteiger partial charge on any atom is -0.484 e. The summed E-state index contributed by atoms with van der Waals surface area (Å²) < 4.78 is 6.76. The molecule has 22 heavy (non-hydrogen) atoms. The molecule has 1 heterocycles. The number of rotatable bonds is 3. The number of halogens is 1. The minimum atomic E-state index is 0.0862. The van der Waals surface area contributed by atoms with Gasteiger partial charge in [0.1, 0.15) is 5.75 Å². The Balaban J connectivity index is 1.65. The van der Waals surface area contributed by atoms with Crippen LogP contribution in [0.4, 0.5) is 0 Å². The van der Waals surface area contributed by atoms with E-state index in [-0.39, 0.29) is 12.5 Å². The molecule has 3 rings (SSSR count). The van der Waals surface area contributed by atoms with E-state index in [0.29, 0.717) is 6.04 Å². The molecule has 0 radical (unpaired) electrons. The Morgan fingerprint density at radius 2 is 2.00 bits per heavy atom. The van der Waals surface area contributed by atoms with Crippen LogP contribution in [0.5, 0.6) is 5.75 Å². The highest BCUT2D eigenvalue weighted by atomic mass is 79.9. The Bertz CT molecular complexity index is 686. The first-order chi connectivity index (χ1) is 10.6. The fraction of sp³-hybridized carbons (Fsp3) is 0.389. The summed E-state index contributed by atoms with van der Waals surface area (Å²) in [4.78, 5) is 14.2. The van der Waals surface area contributed by atoms with Crippen molar-refractivity contribution in [2.45, 2.75) is 32.2 Å². The molecule has 0 aromatic heterocycles. The van der Waals surface area contributed by atoms with E-state index < -0.39 is 0 Å². The second kappa shape index (κ2) is 6.69. The van der Waals surface area contributed by atoms with Gasteiger partial charge in [0.25, 0.3) is 5.91 Å². The van der Waals surface area contributed by atoms with Crippen molar-refractivity contribution in [2.75, 3.05) is 13.2 Å². The van der Waals surface area contributed by atoms with Gasteiger partial charge in [-0.25, -0.2) is 0 Å². The van der Waals surface area contributed by atoms with E-state index in [4.69, 9.17) is 4.74 Å². The first kappa shape index (κ1) is 15.3. The number of nitrogens with zero attached hydrogens (tertiary/aromatic N) is 1. The van der Waals surface area contributed by atoms with E-state index in [1.54, 1.807) is 0 Å². The molecule has 1 fully saturated rings. The largest absolute Gasteiger partial charge is 0.484 e. The second-order valence-electron chi connectivity index (χ2n) is 5.87. The number of hydrogen-bond acceptors (Lipinski definition) is 2. The zero-order chi connectivity index (χ0) is 15.5. The molecule has 1 saturated heterocycles. The van der Waals surface area contributed by atoms with Crippen LogP contribution in [0.2, 0.25) is 0 Å². The molecule has 1 amide bonds. The van der Waals surface area contributed by atoms with Crippen LogP contribution in [-0.4, -0.2) is 30.0 Å². The van der Waals surface area contributed by atoms with Gasteiger partial charge in [0.05, 0.1) is 0 Å². The number of hydrogen-bond donors (Lipinski definition) is 0. The SMILES string of the molecule is C[C@H]1CCCCN1C(=O)COc1ccc2cc(Br)ccc2c1. The predicted molar refractivity (Wildman–Crippen MR) is 92.2 cm³/mol. The molecular formula is C18H20BrNO2. The normalized spacial score (nSPS) is 18.5. The fourth-order valence-electron chi connectivity index (χ4n) is 2.98. The summed E-state index contributed by atoms with van der Waals surface area (Å²) in [6.07, 6.45) is 3.41. The average molecular weight is 362 g/mol. The van der Waals surface area contributed by atoms with Crippen molar-refractivity contribution in [1.29, 1.82) is 0 Å². The van der Waals surface area contributed by atoms with Gasteiger partial charge in [-0.2, -0.15) is 0 Å². The van der Waals surface area contributed by atoms with Crippen LogP contribution in [0, 0.1) is 0 Å². The van der Waals surface area contributed by atoms with Gasteiger partial charge in [0, 0.05) is 17.1 Å². The minimum absolute atomic E-state index is 0.0862. The van der Waals surface area contributed by atoms with Crippen molar-refractivity contribution in [3.8, 4) is 5.75 Å². The molecule has 1 aliphatic rings. The van der Waals surface area contributed by atoms with Crippen molar-refractivity contribution in [1.82, 2.24) is 4.90 Å². The van der Waals surface area contributed by atoms with Gasteiger partial charge >= 0.3 is 0 Å². The van der Waals surface area contributed by atoms with Crippen molar-refractivity contribution >= 4 is 32.6 Å². The first-order valence-corrected chi connectivity index (χ1v) is 8.54. The highest BCUT2D eigenvalue weighted by molar-refractivity contribution is 9.10. The Kier molecular flexibility index (Phi) is 4.67. The lowest BCUT2D eigenvalue weighted by atomic mass is 10.0. The van der Waals surface area contributed by atoms with Gasteiger partial charge in [0.2, 0.25) is 0 Å². The van der Waals surface area contributed by atoms with Gasteiger partial charge in [-0.3, -0.25) is 4.79 Å². The Labute approximate surface area is 139 Å². The van der Waals surface area contributed by atoms with Crippen LogP contribution >= 0.6 is 15.9 Å². The van der Waals surface area contributed by atoms with Gasteiger partial charge in [-0.15, -0.1) is 0 Å². The predicted octanol–water partition coefficient (Wildman–Crippen LogP) is 4.38. The smallest absolute Gasteiger partial charge is 0.260 e. The number of amides is 1. The fourth-order valence-corrected chi connectivity index (χ4v) is 3.36. The molecule has 0 saturated carbocycles. The molecule has 0 aliphatic carbocycles. The van der Waals surface area contributed by atoms with Gasteiger partial charge in [-0.1, -0.05) is 28.1 Å². The molecule has 0 bridgehead atoms. The van der Waals surface area contributed by atoms with Crippen LogP contribution in [0.25, 0.3) is 10.8 Å². The molecule has 0 spiro atoms. The van der Waals surface area contributed by atoms with Crippen molar-refractivity contribution in [3.63, 3.8) is 0 Å². The Morgan fingerprint density at radius 3 is 2.82 bits per heavy atom. The maximum atomic E-state index is 12.3. The molecule has 3 nitrogen and oxygen atoms in total.